The van der Waals surface area contributed by atoms with Crippen LogP contribution in [0.5, 0.6) is 11.5 Å². The van der Waals surface area contributed by atoms with E-state index in [1.54, 1.807) is 43.3 Å². The Morgan fingerprint density at radius 3 is 2.59 bits per heavy atom. The SMILES string of the molecule is CCOc1cc(/C=C2\C(=O)NC(=O)N(Cc3ccco3)C2=O)c(Br)cc1OCc1cccc([N+](=O)[O-])c1. The highest BCUT2D eigenvalue weighted by atomic mass is 79.9. The van der Waals surface area contributed by atoms with E-state index in [0.717, 1.165) is 4.90 Å². The van der Waals surface area contributed by atoms with Gasteiger partial charge in [-0.15, -0.1) is 0 Å². The molecule has 0 spiro atoms. The number of hydrogen-bond acceptors (Lipinski definition) is 8. The lowest BCUT2D eigenvalue weighted by Gasteiger charge is -2.25. The topological polar surface area (TPSA) is 141 Å². The van der Waals surface area contributed by atoms with Crippen LogP contribution in [0.3, 0.4) is 0 Å². The summed E-state index contributed by atoms with van der Waals surface area (Å²) in [7, 11) is 0. The number of nitrogens with zero attached hydrogens (tertiary/aromatic N) is 2. The van der Waals surface area contributed by atoms with Gasteiger partial charge in [0.2, 0.25) is 0 Å². The number of rotatable bonds is 9. The van der Waals surface area contributed by atoms with E-state index in [1.807, 2.05) is 0 Å². The highest BCUT2D eigenvalue weighted by Crippen LogP contribution is 2.36. The van der Waals surface area contributed by atoms with Gasteiger partial charge < -0.3 is 13.9 Å². The third-order valence-electron chi connectivity index (χ3n) is 5.26. The molecule has 4 rings (SSSR count). The Bertz CT molecular complexity index is 1400. The molecule has 1 fully saturated rings. The number of nitro groups is 1. The zero-order valence-corrected chi connectivity index (χ0v) is 21.0. The number of hydrogen-bond donors (Lipinski definition) is 1. The van der Waals surface area contributed by atoms with Crippen molar-refractivity contribution in [1.82, 2.24) is 10.2 Å². The number of halogens is 1. The van der Waals surface area contributed by atoms with E-state index in [4.69, 9.17) is 13.9 Å². The van der Waals surface area contributed by atoms with Crippen LogP contribution in [-0.4, -0.2) is 34.3 Å². The molecule has 4 amide bonds. The lowest BCUT2D eigenvalue weighted by Crippen LogP contribution is -2.53. The van der Waals surface area contributed by atoms with Gasteiger partial charge in [0.05, 0.1) is 24.3 Å². The van der Waals surface area contributed by atoms with Gasteiger partial charge in [-0.3, -0.25) is 29.9 Å². The molecular formula is C25H20BrN3O8. The van der Waals surface area contributed by atoms with Crippen LogP contribution in [0.2, 0.25) is 0 Å². The Balaban J connectivity index is 1.61. The third kappa shape index (κ3) is 5.86. The second kappa shape index (κ2) is 11.1. The van der Waals surface area contributed by atoms with Crippen LogP contribution >= 0.6 is 15.9 Å². The van der Waals surface area contributed by atoms with Gasteiger partial charge in [-0.2, -0.15) is 0 Å². The summed E-state index contributed by atoms with van der Waals surface area (Å²) >= 11 is 3.42. The number of carbonyl (C=O) groups is 3. The van der Waals surface area contributed by atoms with Crippen LogP contribution in [0.1, 0.15) is 23.8 Å². The fourth-order valence-corrected chi connectivity index (χ4v) is 3.95. The normalized spacial score (nSPS) is 14.6. The molecule has 37 heavy (non-hydrogen) atoms. The Labute approximate surface area is 218 Å². The maximum atomic E-state index is 13.0. The zero-order valence-electron chi connectivity index (χ0n) is 19.4. The first kappa shape index (κ1) is 25.6. The van der Waals surface area contributed by atoms with Crippen molar-refractivity contribution >= 4 is 45.5 Å². The maximum Gasteiger partial charge on any atom is 0.331 e. The largest absolute Gasteiger partial charge is 0.490 e. The van der Waals surface area contributed by atoms with E-state index >= 15 is 0 Å². The standard InChI is InChI=1S/C25H20BrN3O8/c1-2-35-21-11-16(20(26)12-22(21)37-14-15-5-3-6-17(9-15)29(33)34)10-19-23(30)27-25(32)28(24(19)31)13-18-7-4-8-36-18/h3-12H,2,13-14H2,1H3,(H,27,30,32)/b19-10+. The number of carbonyl (C=O) groups excluding carboxylic acids is 3. The summed E-state index contributed by atoms with van der Waals surface area (Å²) in [5.74, 6) is -0.559. The molecule has 3 aromatic rings. The summed E-state index contributed by atoms with van der Waals surface area (Å²) in [6, 6.07) is 11.6. The van der Waals surface area contributed by atoms with Gasteiger partial charge in [0.15, 0.2) is 11.5 Å². The van der Waals surface area contributed by atoms with Crippen LogP contribution in [0.15, 0.2) is 69.3 Å². The molecule has 1 aromatic heterocycles. The van der Waals surface area contributed by atoms with Crippen LogP contribution in [0.4, 0.5) is 10.5 Å². The van der Waals surface area contributed by atoms with E-state index in [1.165, 1.54) is 24.5 Å². The van der Waals surface area contributed by atoms with Gasteiger partial charge in [0, 0.05) is 16.6 Å². The molecule has 1 N–H and O–H groups in total. The first-order valence-electron chi connectivity index (χ1n) is 11.0. The Hall–Kier alpha value is -4.45. The van der Waals surface area contributed by atoms with Crippen molar-refractivity contribution in [3.8, 4) is 11.5 Å². The number of imide groups is 2. The maximum absolute atomic E-state index is 13.0. The number of nitrogens with one attached hydrogen (secondary N) is 1. The molecule has 190 valence electrons. The Morgan fingerprint density at radius 1 is 1.11 bits per heavy atom. The van der Waals surface area contributed by atoms with Gasteiger partial charge in [-0.1, -0.05) is 28.1 Å². The molecule has 11 nitrogen and oxygen atoms in total. The predicted molar refractivity (Wildman–Crippen MR) is 134 cm³/mol. The van der Waals surface area contributed by atoms with Crippen LogP contribution < -0.4 is 14.8 Å². The molecule has 0 atom stereocenters. The molecule has 0 bridgehead atoms. The molecule has 0 aliphatic carbocycles. The van der Waals surface area contributed by atoms with Crippen molar-refractivity contribution in [1.29, 1.82) is 0 Å². The summed E-state index contributed by atoms with van der Waals surface area (Å²) in [5, 5.41) is 13.2. The molecule has 0 unspecified atom stereocenters. The van der Waals surface area contributed by atoms with Gasteiger partial charge in [-0.25, -0.2) is 4.79 Å². The van der Waals surface area contributed by atoms with Crippen molar-refractivity contribution in [2.75, 3.05) is 6.61 Å². The van der Waals surface area contributed by atoms with E-state index in [-0.39, 0.29) is 24.4 Å². The number of nitro benzene ring substituents is 1. The van der Waals surface area contributed by atoms with E-state index in [0.29, 0.717) is 39.5 Å². The Morgan fingerprint density at radius 2 is 1.89 bits per heavy atom. The van der Waals surface area contributed by atoms with Gasteiger partial charge in [0.1, 0.15) is 17.9 Å². The number of urea groups is 1. The summed E-state index contributed by atoms with van der Waals surface area (Å²) < 4.78 is 17.2. The lowest BCUT2D eigenvalue weighted by molar-refractivity contribution is -0.384. The van der Waals surface area contributed by atoms with Crippen molar-refractivity contribution in [3.05, 3.63) is 91.8 Å². The second-order valence-corrected chi connectivity index (χ2v) is 8.61. The number of barbiturate groups is 1. The quantitative estimate of drug-likeness (QED) is 0.171. The molecule has 2 aromatic carbocycles. The minimum atomic E-state index is -0.845. The molecule has 2 heterocycles. The zero-order chi connectivity index (χ0) is 26.5. The predicted octanol–water partition coefficient (Wildman–Crippen LogP) is 4.59. The average Bonchev–Trinajstić information content (AvgIpc) is 3.38. The molecular weight excluding hydrogens is 550 g/mol. The van der Waals surface area contributed by atoms with Crippen molar-refractivity contribution < 1.29 is 33.2 Å². The average molecular weight is 570 g/mol. The van der Waals surface area contributed by atoms with Gasteiger partial charge in [-0.05, 0) is 48.4 Å². The molecule has 1 aliphatic rings. The first-order chi connectivity index (χ1) is 17.8. The van der Waals surface area contributed by atoms with Gasteiger partial charge in [0.25, 0.3) is 17.5 Å². The highest BCUT2D eigenvalue weighted by molar-refractivity contribution is 9.10. The molecule has 1 aliphatic heterocycles. The number of furan rings is 1. The van der Waals surface area contributed by atoms with Crippen LogP contribution in [0.25, 0.3) is 6.08 Å². The fourth-order valence-electron chi connectivity index (χ4n) is 3.51. The molecule has 0 radical (unpaired) electrons. The summed E-state index contributed by atoms with van der Waals surface area (Å²) in [6.45, 7) is 1.98. The van der Waals surface area contributed by atoms with Crippen LogP contribution in [-0.2, 0) is 22.7 Å². The number of amides is 4. The Kier molecular flexibility index (Phi) is 7.68. The highest BCUT2D eigenvalue weighted by Gasteiger charge is 2.36. The molecule has 12 heteroatoms. The van der Waals surface area contributed by atoms with Crippen molar-refractivity contribution in [2.24, 2.45) is 0 Å². The monoisotopic (exact) mass is 569 g/mol. The fraction of sp³-hybridized carbons (Fsp3) is 0.160. The second-order valence-electron chi connectivity index (χ2n) is 7.76. The number of ether oxygens (including phenoxy) is 2. The minimum absolute atomic E-state index is 0.0410. The molecule has 0 saturated carbocycles. The van der Waals surface area contributed by atoms with Crippen LogP contribution in [0, 0.1) is 10.1 Å². The summed E-state index contributed by atoms with van der Waals surface area (Å²) in [6.07, 6.45) is 2.76. The van der Waals surface area contributed by atoms with Crippen molar-refractivity contribution in [3.63, 3.8) is 0 Å². The third-order valence-corrected chi connectivity index (χ3v) is 5.95. The van der Waals surface area contributed by atoms with E-state index in [9.17, 15) is 24.5 Å². The number of benzene rings is 2. The summed E-state index contributed by atoms with van der Waals surface area (Å²) in [5.41, 5.74) is 0.713. The summed E-state index contributed by atoms with van der Waals surface area (Å²) in [4.78, 5) is 49.2. The minimum Gasteiger partial charge on any atom is -0.490 e. The van der Waals surface area contributed by atoms with E-state index < -0.39 is 22.8 Å². The number of non-ortho nitro benzene ring substituents is 1. The molecule has 1 saturated heterocycles. The lowest BCUT2D eigenvalue weighted by atomic mass is 10.1. The van der Waals surface area contributed by atoms with E-state index in [2.05, 4.69) is 21.2 Å². The first-order valence-corrected chi connectivity index (χ1v) is 11.8. The van der Waals surface area contributed by atoms with Crippen molar-refractivity contribution in [2.45, 2.75) is 20.1 Å². The smallest absolute Gasteiger partial charge is 0.331 e. The van der Waals surface area contributed by atoms with Gasteiger partial charge >= 0.3 is 6.03 Å².